The molecule has 9 N–H and O–H groups in total. The normalized spacial score (nSPS) is 8.64. The van der Waals surface area contributed by atoms with Crippen LogP contribution < -0.4 is 11.5 Å². The summed E-state index contributed by atoms with van der Waals surface area (Å²) in [5.74, 6) is 0. The van der Waals surface area contributed by atoms with Gasteiger partial charge in [-0.2, -0.15) is 0 Å². The summed E-state index contributed by atoms with van der Waals surface area (Å²) in [5, 5.41) is 14.7. The molecule has 0 rings (SSSR count). The molecule has 11 heavy (non-hydrogen) atoms. The molecule has 8 nitrogen and oxygen atoms in total. The van der Waals surface area contributed by atoms with Gasteiger partial charge in [0.05, 0.1) is 13.5 Å². The lowest BCUT2D eigenvalue weighted by Gasteiger charge is -1.82. The molecule has 0 unspecified atom stereocenters. The van der Waals surface area contributed by atoms with Crippen molar-refractivity contribution in [3.63, 3.8) is 0 Å². The molecule has 0 bridgehead atoms. The molecule has 0 aromatic heterocycles. The van der Waals surface area contributed by atoms with Crippen molar-refractivity contribution in [3.8, 4) is 0 Å². The van der Waals surface area contributed by atoms with Crippen LogP contribution in [0.2, 0.25) is 0 Å². The number of aliphatic hydroxyl groups is 2. The molecule has 0 aliphatic carbocycles. The maximum Gasteiger partial charge on any atom is 0.466 e. The molecule has 0 atom stereocenters. The average Bonchev–Trinajstić information content (AvgIpc) is 1.62. The fraction of sp³-hybridized carbons (Fsp3) is 1.00. The second-order valence-electron chi connectivity index (χ2n) is 0.878. The third kappa shape index (κ3) is 252000. The first kappa shape index (κ1) is 17.2. The summed E-state index contributed by atoms with van der Waals surface area (Å²) in [6.07, 6.45) is 0. The van der Waals surface area contributed by atoms with Crippen molar-refractivity contribution in [1.82, 2.24) is 0 Å². The highest BCUT2D eigenvalue weighted by Gasteiger charge is 2.00. The van der Waals surface area contributed by atoms with E-state index in [1.807, 2.05) is 0 Å². The molecule has 0 aromatic rings. The van der Waals surface area contributed by atoms with Gasteiger partial charge in [0.15, 0.2) is 0 Å². The van der Waals surface area contributed by atoms with E-state index in [1.165, 1.54) is 0 Å². The summed E-state index contributed by atoms with van der Waals surface area (Å²) in [7, 11) is -4.64. The highest BCUT2D eigenvalue weighted by Crippen LogP contribution is 2.25. The lowest BCUT2D eigenvalue weighted by Crippen LogP contribution is -1.92. The van der Waals surface area contributed by atoms with Crippen LogP contribution in [0.15, 0.2) is 0 Å². The first-order chi connectivity index (χ1) is 4.83. The third-order valence-corrected chi connectivity index (χ3v) is 0. The van der Waals surface area contributed by atoms with E-state index < -0.39 is 7.82 Å². The van der Waals surface area contributed by atoms with Gasteiger partial charge < -0.3 is 36.4 Å². The average molecular weight is 192 g/mol. The van der Waals surface area contributed by atoms with Gasteiger partial charge >= 0.3 is 7.82 Å². The molecule has 0 spiro atoms. The Balaban J connectivity index is -0.0000000933. The van der Waals surface area contributed by atoms with Crippen molar-refractivity contribution in [2.45, 2.75) is 0 Å². The first-order valence-corrected chi connectivity index (χ1v) is 3.80. The Labute approximate surface area is 63.3 Å². The number of hydrogen-bond donors (Lipinski definition) is 7. The minimum atomic E-state index is -4.64. The van der Waals surface area contributed by atoms with E-state index in [0.29, 0.717) is 0 Å². The zero-order chi connectivity index (χ0) is 9.91. The molecule has 0 radical (unpaired) electrons. The van der Waals surface area contributed by atoms with Gasteiger partial charge in [-0.15, -0.1) is 0 Å². The second kappa shape index (κ2) is 12.6. The summed E-state index contributed by atoms with van der Waals surface area (Å²) >= 11 is 0. The maximum absolute atomic E-state index is 8.88. The summed E-state index contributed by atoms with van der Waals surface area (Å²) in [6, 6.07) is 0. The quantitative estimate of drug-likeness (QED) is 0.156. The van der Waals surface area contributed by atoms with Crippen LogP contribution in [-0.2, 0) is 4.57 Å². The molecular weight excluding hydrogens is 179 g/mol. The largest absolute Gasteiger partial charge is 0.466 e. The topological polar surface area (TPSA) is 170 Å². The van der Waals surface area contributed by atoms with E-state index in [0.717, 1.165) is 0 Å². The van der Waals surface area contributed by atoms with E-state index in [4.69, 9.17) is 29.5 Å². The fourth-order valence-corrected chi connectivity index (χ4v) is 0. The molecule has 0 saturated heterocycles. The van der Waals surface area contributed by atoms with Crippen molar-refractivity contribution in [2.75, 3.05) is 13.5 Å². The highest BCUT2D eigenvalue weighted by molar-refractivity contribution is 7.45. The Kier molecular flexibility index (Phi) is 19.7. The van der Waals surface area contributed by atoms with Gasteiger partial charge in [0.2, 0.25) is 0 Å². The Bertz CT molecular complexity index is 82.3. The van der Waals surface area contributed by atoms with Crippen molar-refractivity contribution in [3.05, 3.63) is 0 Å². The van der Waals surface area contributed by atoms with Crippen LogP contribution in [0.5, 0.6) is 0 Å². The number of aliphatic hydroxyl groups excluding tert-OH is 2. The van der Waals surface area contributed by atoms with Crippen LogP contribution in [0.4, 0.5) is 0 Å². The smallest absolute Gasteiger partial charge is 0.382 e. The SMILES string of the molecule is NCO.NCO.O=P(O)(O)O. The summed E-state index contributed by atoms with van der Waals surface area (Å²) < 4.78 is 8.88. The second-order valence-corrected chi connectivity index (χ2v) is 1.90. The number of hydrogen-bond acceptors (Lipinski definition) is 5. The van der Waals surface area contributed by atoms with E-state index in [-0.39, 0.29) is 13.5 Å². The van der Waals surface area contributed by atoms with Crippen LogP contribution in [0, 0.1) is 0 Å². The van der Waals surface area contributed by atoms with Crippen LogP contribution in [-0.4, -0.2) is 38.4 Å². The predicted molar refractivity (Wildman–Crippen MR) is 36.8 cm³/mol. The number of rotatable bonds is 0. The zero-order valence-corrected chi connectivity index (χ0v) is 6.55. The van der Waals surface area contributed by atoms with Crippen LogP contribution in [0.3, 0.4) is 0 Å². The maximum atomic E-state index is 8.88. The van der Waals surface area contributed by atoms with Crippen molar-refractivity contribution >= 4 is 7.82 Å². The third-order valence-electron chi connectivity index (χ3n) is 0. The summed E-state index contributed by atoms with van der Waals surface area (Å²) in [6.45, 7) is -0.500. The Hall–Kier alpha value is -0.0500. The first-order valence-electron chi connectivity index (χ1n) is 2.23. The summed E-state index contributed by atoms with van der Waals surface area (Å²) in [5.41, 5.74) is 8.81. The Morgan fingerprint density at radius 1 is 1.00 bits per heavy atom. The molecule has 72 valence electrons. The van der Waals surface area contributed by atoms with Crippen LogP contribution in [0.1, 0.15) is 0 Å². The molecule has 0 heterocycles. The molecule has 0 aliphatic rings. The van der Waals surface area contributed by atoms with Crippen LogP contribution >= 0.6 is 7.82 Å². The standard InChI is InChI=1S/2CH5NO.H3O4P/c2*2-1-3;1-5(2,3)4/h2*3H,1-2H2;(H3,1,2,3,4). The molecule has 9 heteroatoms. The lowest BCUT2D eigenvalue weighted by molar-refractivity contribution is 0.275. The van der Waals surface area contributed by atoms with E-state index in [1.54, 1.807) is 0 Å². The molecule has 0 aromatic carbocycles. The number of phosphoric acid groups is 1. The van der Waals surface area contributed by atoms with Gasteiger partial charge in [-0.3, -0.25) is 0 Å². The van der Waals surface area contributed by atoms with E-state index in [2.05, 4.69) is 11.5 Å². The van der Waals surface area contributed by atoms with Crippen LogP contribution in [0.25, 0.3) is 0 Å². The molecule has 0 aliphatic heterocycles. The monoisotopic (exact) mass is 192 g/mol. The van der Waals surface area contributed by atoms with E-state index >= 15 is 0 Å². The molecule has 0 saturated carbocycles. The lowest BCUT2D eigenvalue weighted by atomic mass is 11.4. The van der Waals surface area contributed by atoms with Crippen molar-refractivity contribution < 1.29 is 29.5 Å². The molecule has 0 amide bonds. The van der Waals surface area contributed by atoms with Gasteiger partial charge in [0.25, 0.3) is 0 Å². The minimum Gasteiger partial charge on any atom is -0.382 e. The van der Waals surface area contributed by atoms with Gasteiger partial charge in [0.1, 0.15) is 0 Å². The minimum absolute atomic E-state index is 0.250. The predicted octanol–water partition coefficient (Wildman–Crippen LogP) is -3.14. The Morgan fingerprint density at radius 2 is 1.00 bits per heavy atom. The van der Waals surface area contributed by atoms with Gasteiger partial charge in [-0.1, -0.05) is 0 Å². The van der Waals surface area contributed by atoms with E-state index in [9.17, 15) is 0 Å². The van der Waals surface area contributed by atoms with Crippen molar-refractivity contribution in [1.29, 1.82) is 0 Å². The van der Waals surface area contributed by atoms with Gasteiger partial charge in [0, 0.05) is 0 Å². The Morgan fingerprint density at radius 3 is 1.00 bits per heavy atom. The van der Waals surface area contributed by atoms with Gasteiger partial charge in [-0.05, 0) is 0 Å². The molecule has 0 fully saturated rings. The number of nitrogens with two attached hydrogens (primary N) is 2. The van der Waals surface area contributed by atoms with Crippen molar-refractivity contribution in [2.24, 2.45) is 11.5 Å². The zero-order valence-electron chi connectivity index (χ0n) is 5.66. The van der Waals surface area contributed by atoms with Gasteiger partial charge in [-0.25, -0.2) is 4.57 Å². The molecular formula is C2H13N2O6P. The highest BCUT2D eigenvalue weighted by atomic mass is 31.2. The fourth-order valence-electron chi connectivity index (χ4n) is 0. The summed E-state index contributed by atoms with van der Waals surface area (Å²) in [4.78, 5) is 21.6.